The van der Waals surface area contributed by atoms with Gasteiger partial charge in [0.25, 0.3) is 0 Å². The number of hydrogen-bond donors (Lipinski definition) is 5. The van der Waals surface area contributed by atoms with E-state index < -0.39 is 29.9 Å². The van der Waals surface area contributed by atoms with Crippen molar-refractivity contribution in [2.45, 2.75) is 36.6 Å². The molecule has 0 radical (unpaired) electrons. The Morgan fingerprint density at radius 3 is 2.10 bits per heavy atom. The summed E-state index contributed by atoms with van der Waals surface area (Å²) in [6.07, 6.45) is -0.232. The van der Waals surface area contributed by atoms with Gasteiger partial charge < -0.3 is 20.8 Å². The highest BCUT2D eigenvalue weighted by Crippen LogP contribution is 2.20. The van der Waals surface area contributed by atoms with Crippen molar-refractivity contribution >= 4 is 36.2 Å². The van der Waals surface area contributed by atoms with Crippen LogP contribution in [0.4, 0.5) is 5.69 Å². The van der Waals surface area contributed by atoms with Crippen LogP contribution in [0.5, 0.6) is 0 Å². The summed E-state index contributed by atoms with van der Waals surface area (Å²) in [5.74, 6) is -3.05. The molecular formula is C21H24N2O5S. The molecule has 1 amide bonds. The van der Waals surface area contributed by atoms with E-state index >= 15 is 0 Å². The molecule has 2 atom stereocenters. The van der Waals surface area contributed by atoms with Crippen molar-refractivity contribution in [2.24, 2.45) is 0 Å². The van der Waals surface area contributed by atoms with Crippen LogP contribution in [0.2, 0.25) is 0 Å². The minimum Gasteiger partial charge on any atom is -0.481 e. The lowest BCUT2D eigenvalue weighted by Gasteiger charge is -2.32. The van der Waals surface area contributed by atoms with Crippen molar-refractivity contribution in [3.8, 4) is 0 Å². The molecular weight excluding hydrogens is 392 g/mol. The van der Waals surface area contributed by atoms with Crippen LogP contribution in [-0.2, 0) is 20.8 Å². The summed E-state index contributed by atoms with van der Waals surface area (Å²) in [5.41, 5.74) is -0.484. The second-order valence-corrected chi connectivity index (χ2v) is 7.42. The summed E-state index contributed by atoms with van der Waals surface area (Å²) in [4.78, 5) is 35.7. The smallest absolute Gasteiger partial charge is 0.350 e. The topological polar surface area (TPSA) is 116 Å². The molecule has 2 aromatic carbocycles. The van der Waals surface area contributed by atoms with Crippen molar-refractivity contribution in [3.63, 3.8) is 0 Å². The molecule has 29 heavy (non-hydrogen) atoms. The Bertz CT molecular complexity index is 831. The molecule has 8 heteroatoms. The van der Waals surface area contributed by atoms with Gasteiger partial charge in [0.15, 0.2) is 0 Å². The van der Waals surface area contributed by atoms with Crippen LogP contribution in [0.25, 0.3) is 0 Å². The highest BCUT2D eigenvalue weighted by atomic mass is 32.1. The number of benzene rings is 2. The summed E-state index contributed by atoms with van der Waals surface area (Å²) in [7, 11) is 0. The number of carbonyl (C=O) groups is 3. The minimum absolute atomic E-state index is 0.0173. The minimum atomic E-state index is -1.95. The third kappa shape index (κ3) is 7.15. The van der Waals surface area contributed by atoms with Crippen LogP contribution in [0, 0.1) is 0 Å². The van der Waals surface area contributed by atoms with E-state index in [0.717, 1.165) is 5.56 Å². The zero-order valence-electron chi connectivity index (χ0n) is 15.7. The monoisotopic (exact) mass is 416 g/mol. The number of aliphatic carboxylic acids is 2. The van der Waals surface area contributed by atoms with Gasteiger partial charge in [0.05, 0.1) is 0 Å². The third-order valence-corrected chi connectivity index (χ3v) is 4.66. The number of rotatable bonds is 11. The summed E-state index contributed by atoms with van der Waals surface area (Å²) in [5, 5.41) is 23.8. The fourth-order valence-corrected chi connectivity index (χ4v) is 3.27. The fourth-order valence-electron chi connectivity index (χ4n) is 2.89. The first-order valence-electron chi connectivity index (χ1n) is 9.12. The first-order chi connectivity index (χ1) is 13.8. The number of carboxylic acids is 2. The van der Waals surface area contributed by atoms with Crippen LogP contribution in [0.15, 0.2) is 60.7 Å². The Hall–Kier alpha value is -3.00. The van der Waals surface area contributed by atoms with Gasteiger partial charge in [-0.15, -0.1) is 0 Å². The molecule has 0 aromatic heterocycles. The number of carboxylic acid groups (broad SMARTS) is 2. The van der Waals surface area contributed by atoms with E-state index in [2.05, 4.69) is 23.3 Å². The standard InChI is InChI=1S/C21H24N2O5S/c24-18(14-17(29)13-15-7-3-1-4-8-15)23-21(20(27)28,12-11-19(25)26)22-16-9-5-2-6-10-16/h1-10,17,22,29H,11-14H2,(H,23,24)(H,25,26)(H,27,28)/t17?,21-/m0/s1. The van der Waals surface area contributed by atoms with Gasteiger partial charge in [-0.25, -0.2) is 4.79 Å². The number of amides is 1. The molecule has 0 saturated carbocycles. The molecule has 0 fully saturated rings. The summed E-state index contributed by atoms with van der Waals surface area (Å²) in [6.45, 7) is 0. The van der Waals surface area contributed by atoms with Gasteiger partial charge in [0.1, 0.15) is 0 Å². The largest absolute Gasteiger partial charge is 0.481 e. The average Bonchev–Trinajstić information content (AvgIpc) is 2.67. The second-order valence-electron chi connectivity index (χ2n) is 6.69. The summed E-state index contributed by atoms with van der Waals surface area (Å²) >= 11 is 4.44. The molecule has 0 aliphatic heterocycles. The number of hydrogen-bond acceptors (Lipinski definition) is 5. The molecule has 4 N–H and O–H groups in total. The lowest BCUT2D eigenvalue weighted by atomic mass is 10.0. The lowest BCUT2D eigenvalue weighted by Crippen LogP contribution is -2.60. The molecule has 2 rings (SSSR count). The molecule has 0 heterocycles. The number of para-hydroxylation sites is 1. The molecule has 0 bridgehead atoms. The van der Waals surface area contributed by atoms with Gasteiger partial charge in [-0.2, -0.15) is 12.6 Å². The Morgan fingerprint density at radius 2 is 1.55 bits per heavy atom. The van der Waals surface area contributed by atoms with Gasteiger partial charge >= 0.3 is 11.9 Å². The fraction of sp³-hybridized carbons (Fsp3) is 0.286. The van der Waals surface area contributed by atoms with Gasteiger partial charge in [-0.3, -0.25) is 9.59 Å². The molecule has 0 saturated heterocycles. The highest BCUT2D eigenvalue weighted by Gasteiger charge is 2.40. The summed E-state index contributed by atoms with van der Waals surface area (Å²) < 4.78 is 0. The van der Waals surface area contributed by atoms with Crippen molar-refractivity contribution in [1.29, 1.82) is 0 Å². The van der Waals surface area contributed by atoms with Crippen molar-refractivity contribution in [2.75, 3.05) is 5.32 Å². The van der Waals surface area contributed by atoms with Gasteiger partial charge in [0, 0.05) is 30.2 Å². The van der Waals surface area contributed by atoms with E-state index in [-0.39, 0.29) is 18.1 Å². The Balaban J connectivity index is 2.12. The lowest BCUT2D eigenvalue weighted by molar-refractivity contribution is -0.147. The van der Waals surface area contributed by atoms with Crippen LogP contribution < -0.4 is 10.6 Å². The maximum absolute atomic E-state index is 12.6. The first kappa shape index (κ1) is 22.3. The SMILES string of the molecule is O=C(O)CC[C@@](NC(=O)CC(S)Cc1ccccc1)(Nc1ccccc1)C(=O)O. The molecule has 7 nitrogen and oxygen atoms in total. The Morgan fingerprint density at radius 1 is 0.966 bits per heavy atom. The van der Waals surface area contributed by atoms with Crippen molar-refractivity contribution in [1.82, 2.24) is 5.32 Å². The molecule has 1 unspecified atom stereocenters. The van der Waals surface area contributed by atoms with E-state index in [1.54, 1.807) is 30.3 Å². The maximum atomic E-state index is 12.6. The van der Waals surface area contributed by atoms with E-state index in [4.69, 9.17) is 5.11 Å². The molecule has 0 spiro atoms. The first-order valence-corrected chi connectivity index (χ1v) is 9.64. The van der Waals surface area contributed by atoms with Crippen LogP contribution in [-0.4, -0.2) is 39.0 Å². The number of carbonyl (C=O) groups excluding carboxylic acids is 1. The van der Waals surface area contributed by atoms with Crippen LogP contribution in [0.3, 0.4) is 0 Å². The van der Waals surface area contributed by atoms with Crippen LogP contribution in [0.1, 0.15) is 24.8 Å². The number of nitrogens with one attached hydrogen (secondary N) is 2. The molecule has 2 aromatic rings. The van der Waals surface area contributed by atoms with Crippen molar-refractivity contribution in [3.05, 3.63) is 66.2 Å². The normalized spacial score (nSPS) is 13.7. The zero-order chi connectivity index (χ0) is 21.3. The Kier molecular flexibility index (Phi) is 8.09. The van der Waals surface area contributed by atoms with Gasteiger partial charge in [0.2, 0.25) is 11.6 Å². The van der Waals surface area contributed by atoms with Crippen LogP contribution >= 0.6 is 12.6 Å². The predicted molar refractivity (Wildman–Crippen MR) is 113 cm³/mol. The second kappa shape index (κ2) is 10.5. The van der Waals surface area contributed by atoms with Crippen molar-refractivity contribution < 1.29 is 24.6 Å². The highest BCUT2D eigenvalue weighted by molar-refractivity contribution is 7.81. The number of thiol groups is 1. The average molecular weight is 416 g/mol. The number of anilines is 1. The molecule has 154 valence electrons. The van der Waals surface area contributed by atoms with Gasteiger partial charge in [-0.05, 0) is 24.1 Å². The van der Waals surface area contributed by atoms with Gasteiger partial charge in [-0.1, -0.05) is 48.5 Å². The maximum Gasteiger partial charge on any atom is 0.350 e. The predicted octanol–water partition coefficient (Wildman–Crippen LogP) is 2.79. The zero-order valence-corrected chi connectivity index (χ0v) is 16.6. The molecule has 0 aliphatic carbocycles. The summed E-state index contributed by atoms with van der Waals surface area (Å²) in [6, 6.07) is 18.0. The quantitative estimate of drug-likeness (QED) is 0.284. The molecule has 0 aliphatic rings. The van der Waals surface area contributed by atoms with E-state index in [1.165, 1.54) is 0 Å². The van der Waals surface area contributed by atoms with E-state index in [1.807, 2.05) is 30.3 Å². The van der Waals surface area contributed by atoms with E-state index in [0.29, 0.717) is 12.1 Å². The third-order valence-electron chi connectivity index (χ3n) is 4.30. The van der Waals surface area contributed by atoms with E-state index in [9.17, 15) is 19.5 Å². The Labute approximate surface area is 174 Å².